The van der Waals surface area contributed by atoms with Crippen LogP contribution in [0.4, 0.5) is 4.70 Å². The first-order valence-corrected chi connectivity index (χ1v) is 2.00. The fourth-order valence-electron chi connectivity index (χ4n) is 0.372. The predicted molar refractivity (Wildman–Crippen MR) is 30.5 cm³/mol. The van der Waals surface area contributed by atoms with Crippen LogP contribution in [0.1, 0.15) is 6.42 Å². The molecule has 0 saturated carbocycles. The lowest BCUT2D eigenvalue weighted by atomic mass is 10.4. The summed E-state index contributed by atoms with van der Waals surface area (Å²) in [6.07, 6.45) is 8.66. The molecule has 0 amide bonds. The number of hydrogen-bond donors (Lipinski definition) is 0. The van der Waals surface area contributed by atoms with Crippen LogP contribution in [-0.4, -0.2) is 12.4 Å². The Balaban J connectivity index is 0.000000360. The van der Waals surface area contributed by atoms with Crippen LogP contribution in [0.25, 0.3) is 0 Å². The van der Waals surface area contributed by atoms with E-state index in [1.165, 1.54) is 0 Å². The molecule has 2 heteroatoms. The Morgan fingerprint density at radius 3 is 2.43 bits per heavy atom. The van der Waals surface area contributed by atoms with Crippen LogP contribution in [0, 0.1) is 0 Å². The van der Waals surface area contributed by atoms with Crippen LogP contribution >= 0.6 is 0 Å². The highest BCUT2D eigenvalue weighted by Gasteiger charge is 1.82. The molecule has 1 nitrogen and oxygen atoms in total. The number of nitrogens with zero attached hydrogens (tertiary/aromatic N) is 1. The fourth-order valence-corrected chi connectivity index (χ4v) is 0.372. The molecule has 0 spiro atoms. The van der Waals surface area contributed by atoms with Gasteiger partial charge in [0.15, 0.2) is 0 Å². The van der Waals surface area contributed by atoms with Gasteiger partial charge in [0.25, 0.3) is 12.4 Å². The quantitative estimate of drug-likeness (QED) is 0.389. The molecule has 1 rings (SSSR count). The van der Waals surface area contributed by atoms with E-state index in [2.05, 4.69) is 10.7 Å². The molecule has 0 unspecified atom stereocenters. The summed E-state index contributed by atoms with van der Waals surface area (Å²) in [5, 5.41) is 0. The summed E-state index contributed by atoms with van der Waals surface area (Å²) in [6.45, 7) is 0. The van der Waals surface area contributed by atoms with Gasteiger partial charge in [-0.2, -0.15) is 0 Å². The largest absolute Gasteiger partial charge is 0.291 e. The van der Waals surface area contributed by atoms with Gasteiger partial charge < -0.3 is 0 Å². The second kappa shape index (κ2) is 3.32. The van der Waals surface area contributed by atoms with Gasteiger partial charge in [-0.15, -0.1) is 4.67 Å². The summed E-state index contributed by atoms with van der Waals surface area (Å²) in [7, 11) is 0. The van der Waals surface area contributed by atoms with Crippen LogP contribution in [0.2, 0.25) is 0 Å². The van der Waals surface area contributed by atoms with Crippen LogP contribution < -0.4 is 4.67 Å². The van der Waals surface area contributed by atoms with Crippen molar-refractivity contribution in [1.29, 1.82) is 0 Å². The van der Waals surface area contributed by atoms with Gasteiger partial charge in [0, 0.05) is 6.08 Å². The monoisotopic (exact) mass is 100 g/mol. The van der Waals surface area contributed by atoms with Gasteiger partial charge >= 0.3 is 0 Å². The molecule has 0 radical (unpaired) electrons. The molecule has 0 aromatic carbocycles. The van der Waals surface area contributed by atoms with Gasteiger partial charge in [-0.05, 0) is 0 Å². The average molecular weight is 100 g/mol. The molecular weight excluding hydrogens is 93.1 g/mol. The molecule has 1 aliphatic heterocycles. The third-order valence-electron chi connectivity index (χ3n) is 0.655. The first-order valence-electron chi connectivity index (χ1n) is 2.00. The number of halogens is 1. The molecule has 0 atom stereocenters. The zero-order valence-electron chi connectivity index (χ0n) is 3.87. The van der Waals surface area contributed by atoms with Crippen molar-refractivity contribution in [2.75, 3.05) is 0 Å². The highest BCUT2D eigenvalue weighted by molar-refractivity contribution is 5.78. The Bertz CT molecular complexity index is 120. The number of hydrogen-bond acceptors (Lipinski definition) is 0. The minimum absolute atomic E-state index is 0. The minimum Gasteiger partial charge on any atom is -0.269 e. The van der Waals surface area contributed by atoms with Gasteiger partial charge in [-0.3, -0.25) is 4.70 Å². The van der Waals surface area contributed by atoms with E-state index in [-0.39, 0.29) is 4.70 Å². The molecule has 0 aromatic rings. The Morgan fingerprint density at radius 2 is 2.29 bits per heavy atom. The Labute approximate surface area is 41.5 Å². The molecule has 1 heterocycles. The Kier molecular flexibility index (Phi) is 2.90. The molecule has 7 heavy (non-hydrogen) atoms. The van der Waals surface area contributed by atoms with Crippen LogP contribution in [0.5, 0.6) is 0 Å². The predicted octanol–water partition coefficient (Wildman–Crippen LogP) is 0.308. The van der Waals surface area contributed by atoms with Crippen molar-refractivity contribution in [2.45, 2.75) is 6.42 Å². The first kappa shape index (κ1) is 6.12. The topological polar surface area (TPSA) is 14.1 Å². The molecule has 1 aliphatic rings. The molecule has 0 bridgehead atoms. The lowest BCUT2D eigenvalue weighted by Gasteiger charge is -1.66. The van der Waals surface area contributed by atoms with Gasteiger partial charge in [0.2, 0.25) is 0 Å². The maximum Gasteiger partial charge on any atom is 0.291 e. The van der Waals surface area contributed by atoms with Crippen molar-refractivity contribution in [1.82, 2.24) is 4.67 Å². The normalized spacial score (nSPS) is 13.7. The molecule has 0 aliphatic carbocycles. The number of rotatable bonds is 0. The maximum atomic E-state index is 3.84. The van der Waals surface area contributed by atoms with Crippen molar-refractivity contribution in [3.8, 4) is 0 Å². The first-order chi connectivity index (χ1) is 3.00. The maximum absolute atomic E-state index is 3.84. The molecule has 38 valence electrons. The third-order valence-corrected chi connectivity index (χ3v) is 0.655. The standard InChI is InChI=1S/C5H6N.FH/c1-2-4-6-5-3-1;/h1-2,4-5H,3H2;1H/q+1;. The zero-order chi connectivity index (χ0) is 4.24. The summed E-state index contributed by atoms with van der Waals surface area (Å²) in [5.74, 6) is 0. The van der Waals surface area contributed by atoms with Crippen molar-refractivity contribution in [2.24, 2.45) is 0 Å². The molecule has 0 N–H and O–H groups in total. The fraction of sp³-hybridized carbons (Fsp3) is 0.200. The van der Waals surface area contributed by atoms with Gasteiger partial charge in [0.05, 0.1) is 6.42 Å². The molecule has 0 saturated heterocycles. The van der Waals surface area contributed by atoms with E-state index in [1.54, 1.807) is 6.21 Å². The van der Waals surface area contributed by atoms with E-state index in [9.17, 15) is 0 Å². The van der Waals surface area contributed by atoms with Crippen molar-refractivity contribution >= 4 is 12.4 Å². The third kappa shape index (κ3) is 1.90. The van der Waals surface area contributed by atoms with Crippen LogP contribution in [0.3, 0.4) is 0 Å². The van der Waals surface area contributed by atoms with Crippen molar-refractivity contribution < 1.29 is 4.70 Å². The van der Waals surface area contributed by atoms with Gasteiger partial charge in [0.1, 0.15) is 0 Å². The second-order valence-corrected chi connectivity index (χ2v) is 1.14. The zero-order valence-corrected chi connectivity index (χ0v) is 3.87. The molecule has 0 aromatic heterocycles. The minimum atomic E-state index is 0. The average Bonchev–Trinajstić information content (AvgIpc) is 1.72. The van der Waals surface area contributed by atoms with Gasteiger partial charge in [-0.1, -0.05) is 6.08 Å². The lowest BCUT2D eigenvalue weighted by Crippen LogP contribution is -1.83. The van der Waals surface area contributed by atoms with E-state index in [1.807, 2.05) is 12.3 Å². The number of allylic oxidation sites excluding steroid dienone is 2. The van der Waals surface area contributed by atoms with E-state index >= 15 is 0 Å². The van der Waals surface area contributed by atoms with Crippen molar-refractivity contribution in [3.05, 3.63) is 12.2 Å². The smallest absolute Gasteiger partial charge is 0.269 e. The SMILES string of the molecule is C1=CCC=[N+]=C1.F. The summed E-state index contributed by atoms with van der Waals surface area (Å²) >= 11 is 0. The Hall–Kier alpha value is -0.880. The summed E-state index contributed by atoms with van der Waals surface area (Å²) in [4.78, 5) is 0. The van der Waals surface area contributed by atoms with E-state index in [0.29, 0.717) is 0 Å². The molecule has 0 fully saturated rings. The van der Waals surface area contributed by atoms with E-state index < -0.39 is 0 Å². The lowest BCUT2D eigenvalue weighted by molar-refractivity contribution is 1.11. The van der Waals surface area contributed by atoms with E-state index in [0.717, 1.165) is 6.42 Å². The second-order valence-electron chi connectivity index (χ2n) is 1.14. The van der Waals surface area contributed by atoms with Gasteiger partial charge in [-0.25, -0.2) is 0 Å². The molecular formula is C5H7FN+. The summed E-state index contributed by atoms with van der Waals surface area (Å²) in [5.41, 5.74) is 0. The van der Waals surface area contributed by atoms with Crippen molar-refractivity contribution in [3.63, 3.8) is 0 Å². The highest BCUT2D eigenvalue weighted by atomic mass is 19.0. The van der Waals surface area contributed by atoms with Crippen LogP contribution in [-0.2, 0) is 0 Å². The summed E-state index contributed by atoms with van der Waals surface area (Å²) in [6, 6.07) is 0. The van der Waals surface area contributed by atoms with E-state index in [4.69, 9.17) is 0 Å². The summed E-state index contributed by atoms with van der Waals surface area (Å²) < 4.78 is 3.84. The van der Waals surface area contributed by atoms with Crippen LogP contribution in [0.15, 0.2) is 12.2 Å². The Morgan fingerprint density at radius 1 is 1.43 bits per heavy atom. The highest BCUT2D eigenvalue weighted by Crippen LogP contribution is 1.74.